The molecule has 4 heteroatoms. The van der Waals surface area contributed by atoms with Gasteiger partial charge in [0.15, 0.2) is 0 Å². The number of hydrogen-bond acceptors (Lipinski definition) is 2. The van der Waals surface area contributed by atoms with Crippen molar-refractivity contribution < 1.29 is 0 Å². The highest BCUT2D eigenvalue weighted by atomic mass is 35.5. The number of halogens is 2. The molecular formula is C23H26Cl2N2. The summed E-state index contributed by atoms with van der Waals surface area (Å²) in [5, 5.41) is 1.61. The van der Waals surface area contributed by atoms with Crippen molar-refractivity contribution in [1.29, 1.82) is 0 Å². The molecule has 0 saturated carbocycles. The third-order valence-electron chi connectivity index (χ3n) is 5.75. The number of allylic oxidation sites excluding steroid dienone is 2. The molecule has 2 aliphatic rings. The molecule has 2 aromatic carbocycles. The van der Waals surface area contributed by atoms with E-state index in [4.69, 9.17) is 23.2 Å². The average Bonchev–Trinajstić information content (AvgIpc) is 3.08. The van der Waals surface area contributed by atoms with Gasteiger partial charge in [-0.2, -0.15) is 0 Å². The topological polar surface area (TPSA) is 6.48 Å². The van der Waals surface area contributed by atoms with E-state index in [1.165, 1.54) is 30.4 Å². The zero-order valence-electron chi connectivity index (χ0n) is 15.5. The van der Waals surface area contributed by atoms with Gasteiger partial charge in [-0.15, -0.1) is 0 Å². The molecule has 0 spiro atoms. The lowest BCUT2D eigenvalue weighted by Crippen LogP contribution is -2.44. The van der Waals surface area contributed by atoms with Crippen LogP contribution in [0.15, 0.2) is 60.7 Å². The molecule has 1 unspecified atom stereocenters. The molecule has 1 heterocycles. The Morgan fingerprint density at radius 2 is 1.26 bits per heavy atom. The largest absolute Gasteiger partial charge is 0.282 e. The van der Waals surface area contributed by atoms with Gasteiger partial charge in [-0.1, -0.05) is 59.6 Å². The first-order valence-electron chi connectivity index (χ1n) is 9.81. The maximum Gasteiger partial charge on any atom is 0.0661 e. The van der Waals surface area contributed by atoms with Gasteiger partial charge in [0.25, 0.3) is 0 Å². The van der Waals surface area contributed by atoms with Gasteiger partial charge in [0.05, 0.1) is 6.17 Å². The Morgan fingerprint density at radius 1 is 0.741 bits per heavy atom. The third-order valence-corrected chi connectivity index (χ3v) is 6.26. The quantitative estimate of drug-likeness (QED) is 0.568. The van der Waals surface area contributed by atoms with Crippen LogP contribution >= 0.6 is 23.2 Å². The molecule has 27 heavy (non-hydrogen) atoms. The minimum atomic E-state index is 0.487. The zero-order chi connectivity index (χ0) is 18.6. The molecule has 1 fully saturated rings. The molecule has 2 nitrogen and oxygen atoms in total. The maximum absolute atomic E-state index is 6.06. The molecule has 1 aliphatic carbocycles. The van der Waals surface area contributed by atoms with Crippen molar-refractivity contribution in [3.8, 4) is 0 Å². The minimum absolute atomic E-state index is 0.487. The fraction of sp³-hybridized carbons (Fsp3) is 0.391. The van der Waals surface area contributed by atoms with Crippen LogP contribution in [0.25, 0.3) is 0 Å². The van der Waals surface area contributed by atoms with E-state index in [9.17, 15) is 0 Å². The molecule has 0 radical (unpaired) electrons. The van der Waals surface area contributed by atoms with E-state index in [-0.39, 0.29) is 0 Å². The van der Waals surface area contributed by atoms with Crippen molar-refractivity contribution in [3.63, 3.8) is 0 Å². The van der Waals surface area contributed by atoms with Crippen LogP contribution in [0, 0.1) is 5.92 Å². The monoisotopic (exact) mass is 400 g/mol. The van der Waals surface area contributed by atoms with Crippen molar-refractivity contribution in [2.45, 2.75) is 38.5 Å². The molecule has 142 valence electrons. The summed E-state index contributed by atoms with van der Waals surface area (Å²) in [6.07, 6.45) is 8.84. The summed E-state index contributed by atoms with van der Waals surface area (Å²) in [4.78, 5) is 5.31. The van der Waals surface area contributed by atoms with E-state index in [0.717, 1.165) is 36.2 Å². The standard InChI is InChI=1S/C23H26Cl2N2/c24-21-10-6-18(7-11-21)16-26-14-15-27(17-19-8-12-22(25)13-9-19)23(26)20-4-2-1-3-5-20/h1-2,6-13,20,23H,3-5,14-17H2. The van der Waals surface area contributed by atoms with Crippen molar-refractivity contribution in [2.24, 2.45) is 5.92 Å². The molecule has 0 bridgehead atoms. The summed E-state index contributed by atoms with van der Waals surface area (Å²) in [5.74, 6) is 0.692. The van der Waals surface area contributed by atoms with E-state index in [1.54, 1.807) is 0 Å². The van der Waals surface area contributed by atoms with Crippen LogP contribution in [0.5, 0.6) is 0 Å². The number of hydrogen-bond donors (Lipinski definition) is 0. The molecule has 0 aromatic heterocycles. The third kappa shape index (κ3) is 4.75. The first-order valence-corrected chi connectivity index (χ1v) is 10.6. The highest BCUT2D eigenvalue weighted by Crippen LogP contribution is 2.32. The Morgan fingerprint density at radius 3 is 1.70 bits per heavy atom. The van der Waals surface area contributed by atoms with Crippen LogP contribution in [-0.4, -0.2) is 29.1 Å². The van der Waals surface area contributed by atoms with Gasteiger partial charge in [0, 0.05) is 36.2 Å². The molecule has 1 aliphatic heterocycles. The van der Waals surface area contributed by atoms with Gasteiger partial charge < -0.3 is 0 Å². The summed E-state index contributed by atoms with van der Waals surface area (Å²) >= 11 is 12.1. The van der Waals surface area contributed by atoms with Crippen LogP contribution in [0.1, 0.15) is 30.4 Å². The van der Waals surface area contributed by atoms with Crippen molar-refractivity contribution in [2.75, 3.05) is 13.1 Å². The smallest absolute Gasteiger partial charge is 0.0661 e. The molecule has 1 saturated heterocycles. The maximum atomic E-state index is 6.06. The fourth-order valence-electron chi connectivity index (χ4n) is 4.43. The molecular weight excluding hydrogens is 375 g/mol. The summed E-state index contributed by atoms with van der Waals surface area (Å²) in [7, 11) is 0. The number of rotatable bonds is 5. The molecule has 2 aromatic rings. The van der Waals surface area contributed by atoms with E-state index in [1.807, 2.05) is 24.3 Å². The van der Waals surface area contributed by atoms with Gasteiger partial charge in [-0.05, 0) is 60.6 Å². The summed E-state index contributed by atoms with van der Waals surface area (Å²) in [6, 6.07) is 16.6. The minimum Gasteiger partial charge on any atom is -0.282 e. The average molecular weight is 401 g/mol. The number of benzene rings is 2. The highest BCUT2D eigenvalue weighted by molar-refractivity contribution is 6.30. The van der Waals surface area contributed by atoms with Crippen LogP contribution in [0.2, 0.25) is 10.0 Å². The van der Waals surface area contributed by atoms with Crippen LogP contribution in [0.4, 0.5) is 0 Å². The van der Waals surface area contributed by atoms with Crippen molar-refractivity contribution in [1.82, 2.24) is 9.80 Å². The van der Waals surface area contributed by atoms with Gasteiger partial charge in [-0.3, -0.25) is 9.80 Å². The molecule has 1 atom stereocenters. The van der Waals surface area contributed by atoms with Gasteiger partial charge in [0.1, 0.15) is 0 Å². The van der Waals surface area contributed by atoms with Crippen molar-refractivity contribution >= 4 is 23.2 Å². The zero-order valence-corrected chi connectivity index (χ0v) is 17.0. The van der Waals surface area contributed by atoms with Gasteiger partial charge >= 0.3 is 0 Å². The van der Waals surface area contributed by atoms with Crippen LogP contribution in [0.3, 0.4) is 0 Å². The van der Waals surface area contributed by atoms with Crippen LogP contribution in [-0.2, 0) is 13.1 Å². The second-order valence-corrected chi connectivity index (χ2v) is 8.52. The van der Waals surface area contributed by atoms with Crippen LogP contribution < -0.4 is 0 Å². The van der Waals surface area contributed by atoms with Crippen molar-refractivity contribution in [3.05, 3.63) is 81.9 Å². The Bertz CT molecular complexity index is 714. The lowest BCUT2D eigenvalue weighted by molar-refractivity contribution is 0.0634. The Balaban J connectivity index is 1.52. The fourth-order valence-corrected chi connectivity index (χ4v) is 4.68. The highest BCUT2D eigenvalue weighted by Gasteiger charge is 2.37. The van der Waals surface area contributed by atoms with E-state index >= 15 is 0 Å². The lowest BCUT2D eigenvalue weighted by Gasteiger charge is -2.37. The van der Waals surface area contributed by atoms with E-state index < -0.39 is 0 Å². The van der Waals surface area contributed by atoms with Gasteiger partial charge in [-0.25, -0.2) is 0 Å². The Kier molecular flexibility index (Phi) is 6.19. The number of nitrogens with zero attached hydrogens (tertiary/aromatic N) is 2. The normalized spacial score (nSPS) is 21.8. The van der Waals surface area contributed by atoms with Gasteiger partial charge in [0.2, 0.25) is 0 Å². The Hall–Kier alpha value is -1.32. The molecule has 4 rings (SSSR count). The summed E-state index contributed by atoms with van der Waals surface area (Å²) in [5.41, 5.74) is 2.67. The predicted molar refractivity (Wildman–Crippen MR) is 114 cm³/mol. The van der Waals surface area contributed by atoms with E-state index in [2.05, 4.69) is 46.2 Å². The Labute approximate surface area is 172 Å². The van der Waals surface area contributed by atoms with E-state index in [0.29, 0.717) is 12.1 Å². The second-order valence-electron chi connectivity index (χ2n) is 7.65. The first kappa shape index (κ1) is 19.0. The summed E-state index contributed by atoms with van der Waals surface area (Å²) in [6.45, 7) is 4.19. The molecule has 0 N–H and O–H groups in total. The lowest BCUT2D eigenvalue weighted by atomic mass is 9.90. The first-order chi connectivity index (χ1) is 13.2. The predicted octanol–water partition coefficient (Wildman–Crippen LogP) is 5.99. The SMILES string of the molecule is Clc1ccc(CN2CCN(Cc3ccc(Cl)cc3)C2C2CC=CCC2)cc1. The summed E-state index contributed by atoms with van der Waals surface area (Å²) < 4.78 is 0. The second kappa shape index (κ2) is 8.79. The molecule has 0 amide bonds.